The number of aliphatic hydroxyl groups excluding tert-OH is 1. The van der Waals surface area contributed by atoms with E-state index in [4.69, 9.17) is 9.94 Å². The number of piperidine rings is 1. The van der Waals surface area contributed by atoms with Crippen LogP contribution in [0.2, 0.25) is 0 Å². The first-order valence-corrected chi connectivity index (χ1v) is 4.44. The molecule has 2 rings (SSSR count). The van der Waals surface area contributed by atoms with Crippen molar-refractivity contribution >= 4 is 0 Å². The van der Waals surface area contributed by atoms with Gasteiger partial charge >= 0.3 is 0 Å². The first-order chi connectivity index (χ1) is 5.40. The zero-order chi connectivity index (χ0) is 7.68. The van der Waals surface area contributed by atoms with E-state index < -0.39 is 0 Å². The van der Waals surface area contributed by atoms with Crippen LogP contribution in [0, 0.1) is 0 Å². The second kappa shape index (κ2) is 3.09. The van der Waals surface area contributed by atoms with Gasteiger partial charge < -0.3 is 5.11 Å². The average molecular weight is 157 g/mol. The summed E-state index contributed by atoms with van der Waals surface area (Å²) in [6, 6.07) is 0.598. The van der Waals surface area contributed by atoms with E-state index in [1.807, 2.05) is 0 Å². The molecule has 0 saturated carbocycles. The summed E-state index contributed by atoms with van der Waals surface area (Å²) in [7, 11) is 0. The SMILES string of the molecule is OC[C@@H]1C[C@H]2CCCCN2O1. The zero-order valence-corrected chi connectivity index (χ0v) is 6.70. The lowest BCUT2D eigenvalue weighted by Crippen LogP contribution is -2.33. The van der Waals surface area contributed by atoms with Crippen molar-refractivity contribution in [3.63, 3.8) is 0 Å². The number of nitrogens with zero attached hydrogens (tertiary/aromatic N) is 1. The molecule has 2 saturated heterocycles. The normalized spacial score (nSPS) is 39.0. The molecule has 0 bridgehead atoms. The largest absolute Gasteiger partial charge is 0.394 e. The minimum Gasteiger partial charge on any atom is -0.394 e. The smallest absolute Gasteiger partial charge is 0.104 e. The maximum Gasteiger partial charge on any atom is 0.104 e. The van der Waals surface area contributed by atoms with Crippen LogP contribution in [-0.2, 0) is 4.84 Å². The molecule has 2 fully saturated rings. The van der Waals surface area contributed by atoms with E-state index in [2.05, 4.69) is 5.06 Å². The molecule has 64 valence electrons. The van der Waals surface area contributed by atoms with Gasteiger partial charge in [0.25, 0.3) is 0 Å². The summed E-state index contributed by atoms with van der Waals surface area (Å²) in [6.45, 7) is 1.23. The second-order valence-corrected chi connectivity index (χ2v) is 3.44. The van der Waals surface area contributed by atoms with Gasteiger partial charge in [-0.15, -0.1) is 0 Å². The fourth-order valence-corrected chi connectivity index (χ4v) is 1.99. The van der Waals surface area contributed by atoms with Crippen LogP contribution in [0.25, 0.3) is 0 Å². The fraction of sp³-hybridized carbons (Fsp3) is 1.00. The minimum absolute atomic E-state index is 0.0816. The average Bonchev–Trinajstić information content (AvgIpc) is 2.46. The van der Waals surface area contributed by atoms with Gasteiger partial charge in [-0.2, -0.15) is 5.06 Å². The molecule has 0 aromatic rings. The highest BCUT2D eigenvalue weighted by Gasteiger charge is 2.34. The van der Waals surface area contributed by atoms with E-state index in [1.165, 1.54) is 19.3 Å². The lowest BCUT2D eigenvalue weighted by Gasteiger charge is -2.26. The van der Waals surface area contributed by atoms with Crippen LogP contribution in [0.1, 0.15) is 25.7 Å². The van der Waals surface area contributed by atoms with Gasteiger partial charge in [0.2, 0.25) is 0 Å². The van der Waals surface area contributed by atoms with E-state index >= 15 is 0 Å². The number of fused-ring (bicyclic) bond motifs is 1. The summed E-state index contributed by atoms with van der Waals surface area (Å²) >= 11 is 0. The molecule has 0 amide bonds. The Bertz CT molecular complexity index is 126. The van der Waals surface area contributed by atoms with Crippen molar-refractivity contribution in [2.45, 2.75) is 37.8 Å². The number of hydrogen-bond donors (Lipinski definition) is 1. The van der Waals surface area contributed by atoms with Gasteiger partial charge in [0, 0.05) is 12.6 Å². The molecule has 0 aliphatic carbocycles. The van der Waals surface area contributed by atoms with Crippen LogP contribution in [0.3, 0.4) is 0 Å². The molecule has 3 nitrogen and oxygen atoms in total. The van der Waals surface area contributed by atoms with Crippen molar-refractivity contribution < 1.29 is 9.94 Å². The van der Waals surface area contributed by atoms with Gasteiger partial charge in [-0.3, -0.25) is 4.84 Å². The summed E-state index contributed by atoms with van der Waals surface area (Å²) in [4.78, 5) is 5.50. The van der Waals surface area contributed by atoms with Crippen LogP contribution in [-0.4, -0.2) is 35.5 Å². The van der Waals surface area contributed by atoms with E-state index in [1.54, 1.807) is 0 Å². The van der Waals surface area contributed by atoms with Gasteiger partial charge in [-0.1, -0.05) is 6.42 Å². The molecular weight excluding hydrogens is 142 g/mol. The van der Waals surface area contributed by atoms with Gasteiger partial charge in [0.05, 0.1) is 6.61 Å². The molecular formula is C8H15NO2. The highest BCUT2D eigenvalue weighted by atomic mass is 16.7. The lowest BCUT2D eigenvalue weighted by molar-refractivity contribution is -0.178. The Kier molecular flexibility index (Phi) is 2.11. The summed E-state index contributed by atoms with van der Waals surface area (Å²) in [6.07, 6.45) is 4.92. The molecule has 0 aromatic carbocycles. The third-order valence-corrected chi connectivity index (χ3v) is 2.60. The Morgan fingerprint density at radius 1 is 1.45 bits per heavy atom. The van der Waals surface area contributed by atoms with Gasteiger partial charge in [0.1, 0.15) is 6.10 Å². The molecule has 2 aliphatic rings. The molecule has 11 heavy (non-hydrogen) atoms. The molecule has 0 unspecified atom stereocenters. The first-order valence-electron chi connectivity index (χ1n) is 4.44. The first kappa shape index (κ1) is 7.53. The van der Waals surface area contributed by atoms with E-state index in [-0.39, 0.29) is 12.7 Å². The minimum atomic E-state index is 0.0816. The van der Waals surface area contributed by atoms with Crippen LogP contribution >= 0.6 is 0 Å². The molecule has 0 spiro atoms. The van der Waals surface area contributed by atoms with Crippen LogP contribution in [0.15, 0.2) is 0 Å². The molecule has 0 radical (unpaired) electrons. The molecule has 2 heterocycles. The van der Waals surface area contributed by atoms with Crippen LogP contribution in [0.4, 0.5) is 0 Å². The molecule has 3 heteroatoms. The van der Waals surface area contributed by atoms with Crippen LogP contribution in [0.5, 0.6) is 0 Å². The summed E-state index contributed by atoms with van der Waals surface area (Å²) in [5.41, 5.74) is 0. The summed E-state index contributed by atoms with van der Waals surface area (Å²) < 4.78 is 0. The maximum absolute atomic E-state index is 8.86. The Morgan fingerprint density at radius 3 is 3.09 bits per heavy atom. The number of hydroxylamine groups is 2. The van der Waals surface area contributed by atoms with Crippen molar-refractivity contribution in [3.05, 3.63) is 0 Å². The lowest BCUT2D eigenvalue weighted by atomic mass is 10.0. The Hall–Kier alpha value is -0.120. The maximum atomic E-state index is 8.86. The van der Waals surface area contributed by atoms with E-state index in [9.17, 15) is 0 Å². The van der Waals surface area contributed by atoms with Gasteiger partial charge in [-0.05, 0) is 19.3 Å². The van der Waals surface area contributed by atoms with Crippen molar-refractivity contribution in [2.75, 3.05) is 13.2 Å². The Labute approximate surface area is 66.9 Å². The van der Waals surface area contributed by atoms with Crippen molar-refractivity contribution in [3.8, 4) is 0 Å². The standard InChI is InChI=1S/C8H15NO2/c10-6-8-5-7-3-1-2-4-9(7)11-8/h7-8,10H,1-6H2/t7-,8+/m1/s1. The van der Waals surface area contributed by atoms with Crippen LogP contribution < -0.4 is 0 Å². The predicted octanol–water partition coefficient (Wildman–Crippen LogP) is 0.537. The second-order valence-electron chi connectivity index (χ2n) is 3.44. The Morgan fingerprint density at radius 2 is 2.36 bits per heavy atom. The Balaban J connectivity index is 1.92. The highest BCUT2D eigenvalue weighted by Crippen LogP contribution is 2.28. The summed E-state index contributed by atoms with van der Waals surface area (Å²) in [5.74, 6) is 0. The third-order valence-electron chi connectivity index (χ3n) is 2.60. The van der Waals surface area contributed by atoms with E-state index in [0.717, 1.165) is 13.0 Å². The predicted molar refractivity (Wildman–Crippen MR) is 40.9 cm³/mol. The molecule has 0 aromatic heterocycles. The van der Waals surface area contributed by atoms with Crippen molar-refractivity contribution in [1.29, 1.82) is 0 Å². The van der Waals surface area contributed by atoms with Crippen molar-refractivity contribution in [1.82, 2.24) is 5.06 Å². The quantitative estimate of drug-likeness (QED) is 0.603. The third kappa shape index (κ3) is 1.41. The molecule has 1 N–H and O–H groups in total. The van der Waals surface area contributed by atoms with Gasteiger partial charge in [-0.25, -0.2) is 0 Å². The monoisotopic (exact) mass is 157 g/mol. The fourth-order valence-electron chi connectivity index (χ4n) is 1.99. The number of rotatable bonds is 1. The van der Waals surface area contributed by atoms with Gasteiger partial charge in [0.15, 0.2) is 0 Å². The zero-order valence-electron chi connectivity index (χ0n) is 6.70. The molecule has 2 aliphatic heterocycles. The van der Waals surface area contributed by atoms with Crippen molar-refractivity contribution in [2.24, 2.45) is 0 Å². The number of aliphatic hydroxyl groups is 1. The topological polar surface area (TPSA) is 32.7 Å². The van der Waals surface area contributed by atoms with E-state index in [0.29, 0.717) is 6.04 Å². The highest BCUT2D eigenvalue weighted by molar-refractivity contribution is 4.80. The molecule has 2 atom stereocenters. The number of hydrogen-bond acceptors (Lipinski definition) is 3. The summed E-state index contributed by atoms with van der Waals surface area (Å²) in [5, 5.41) is 10.9.